The number of nitro groups is 1. The Hall–Kier alpha value is -1.85. The van der Waals surface area contributed by atoms with Crippen molar-refractivity contribution in [3.8, 4) is 0 Å². The molecule has 6 nitrogen and oxygen atoms in total. The molecule has 0 aromatic carbocycles. The minimum Gasteiger partial charge on any atom is -0.292 e. The number of aromatic nitrogens is 2. The van der Waals surface area contributed by atoms with Gasteiger partial charge in [-0.05, 0) is 18.8 Å². The number of carbonyl (C=O) groups excluding carboxylic acids is 1. The molecule has 1 saturated carbocycles. The van der Waals surface area contributed by atoms with Crippen LogP contribution < -0.4 is 0 Å². The molecule has 0 unspecified atom stereocenters. The smallest absolute Gasteiger partial charge is 0.214 e. The maximum Gasteiger partial charge on any atom is 0.214 e. The molecule has 102 valence electrons. The van der Waals surface area contributed by atoms with E-state index in [-0.39, 0.29) is 23.9 Å². The Balaban J connectivity index is 2.16. The molecule has 1 aliphatic carbocycles. The molecule has 0 N–H and O–H groups in total. The van der Waals surface area contributed by atoms with E-state index in [0.717, 1.165) is 32.1 Å². The zero-order valence-electron chi connectivity index (χ0n) is 10.7. The van der Waals surface area contributed by atoms with Crippen molar-refractivity contribution in [2.75, 3.05) is 6.54 Å². The molecule has 1 aromatic rings. The number of rotatable bonds is 5. The average molecular weight is 263 g/mol. The Morgan fingerprint density at radius 2 is 2.11 bits per heavy atom. The lowest BCUT2D eigenvalue weighted by atomic mass is 9.77. The third-order valence-corrected chi connectivity index (χ3v) is 3.72. The molecule has 1 aliphatic rings. The van der Waals surface area contributed by atoms with Crippen molar-refractivity contribution in [1.82, 2.24) is 9.97 Å². The van der Waals surface area contributed by atoms with E-state index in [9.17, 15) is 14.9 Å². The second kappa shape index (κ2) is 6.36. The molecule has 0 saturated heterocycles. The highest BCUT2D eigenvalue weighted by molar-refractivity contribution is 5.96. The van der Waals surface area contributed by atoms with Gasteiger partial charge in [0, 0.05) is 17.3 Å². The van der Waals surface area contributed by atoms with E-state index in [2.05, 4.69) is 9.97 Å². The Morgan fingerprint density at radius 1 is 1.37 bits per heavy atom. The van der Waals surface area contributed by atoms with Crippen molar-refractivity contribution in [2.45, 2.75) is 32.1 Å². The van der Waals surface area contributed by atoms with Crippen LogP contribution in [0.25, 0.3) is 0 Å². The fourth-order valence-electron chi connectivity index (χ4n) is 2.76. The lowest BCUT2D eigenvalue weighted by Crippen LogP contribution is -2.32. The fraction of sp³-hybridized carbons (Fsp3) is 0.615. The van der Waals surface area contributed by atoms with E-state index >= 15 is 0 Å². The molecule has 0 radical (unpaired) electrons. The summed E-state index contributed by atoms with van der Waals surface area (Å²) in [5.74, 6) is -0.697. The summed E-state index contributed by atoms with van der Waals surface area (Å²) in [4.78, 5) is 30.6. The standard InChI is InChI=1S/C13H17N3O3/c17-13(12-8-14-6-7-15-12)11(9-16(18)19)10-4-2-1-3-5-10/h6-8,10-11H,1-5,9H2/t11-/m0/s1. The summed E-state index contributed by atoms with van der Waals surface area (Å²) in [5, 5.41) is 10.8. The predicted octanol–water partition coefficient (Wildman–Crippen LogP) is 2.13. The highest BCUT2D eigenvalue weighted by atomic mass is 16.6. The van der Waals surface area contributed by atoms with Gasteiger partial charge in [0.25, 0.3) is 0 Å². The highest BCUT2D eigenvalue weighted by Gasteiger charge is 2.34. The average Bonchev–Trinajstić information content (AvgIpc) is 2.46. The summed E-state index contributed by atoms with van der Waals surface area (Å²) in [5.41, 5.74) is 0.236. The van der Waals surface area contributed by atoms with Crippen LogP contribution in [-0.2, 0) is 0 Å². The predicted molar refractivity (Wildman–Crippen MR) is 68.3 cm³/mol. The van der Waals surface area contributed by atoms with Gasteiger partial charge in [0.1, 0.15) is 5.69 Å². The Kier molecular flexibility index (Phi) is 4.54. The summed E-state index contributed by atoms with van der Waals surface area (Å²) >= 11 is 0. The van der Waals surface area contributed by atoms with Crippen LogP contribution in [0.15, 0.2) is 18.6 Å². The molecule has 0 bridgehead atoms. The zero-order chi connectivity index (χ0) is 13.7. The van der Waals surface area contributed by atoms with Crippen molar-refractivity contribution in [1.29, 1.82) is 0 Å². The van der Waals surface area contributed by atoms with Gasteiger partial charge in [0.05, 0.1) is 12.1 Å². The van der Waals surface area contributed by atoms with Gasteiger partial charge >= 0.3 is 0 Å². The van der Waals surface area contributed by atoms with Crippen molar-refractivity contribution in [2.24, 2.45) is 11.8 Å². The van der Waals surface area contributed by atoms with Crippen molar-refractivity contribution in [3.05, 3.63) is 34.4 Å². The summed E-state index contributed by atoms with van der Waals surface area (Å²) in [7, 11) is 0. The van der Waals surface area contributed by atoms with Crippen LogP contribution in [0, 0.1) is 22.0 Å². The molecule has 0 amide bonds. The van der Waals surface area contributed by atoms with Gasteiger partial charge in [0.2, 0.25) is 6.54 Å². The Labute approximate surface area is 111 Å². The summed E-state index contributed by atoms with van der Waals surface area (Å²) < 4.78 is 0. The molecule has 1 atom stereocenters. The third kappa shape index (κ3) is 3.56. The lowest BCUT2D eigenvalue weighted by molar-refractivity contribution is -0.487. The molecular formula is C13H17N3O3. The van der Waals surface area contributed by atoms with Gasteiger partial charge < -0.3 is 0 Å². The van der Waals surface area contributed by atoms with Crippen LogP contribution in [0.4, 0.5) is 0 Å². The van der Waals surface area contributed by atoms with Crippen LogP contribution in [0.5, 0.6) is 0 Å². The molecule has 0 aliphatic heterocycles. The first kappa shape index (κ1) is 13.6. The first-order valence-corrected chi connectivity index (χ1v) is 6.60. The summed E-state index contributed by atoms with van der Waals surface area (Å²) in [6.07, 6.45) is 9.35. The van der Waals surface area contributed by atoms with E-state index in [1.54, 1.807) is 0 Å². The van der Waals surface area contributed by atoms with Crippen LogP contribution in [0.3, 0.4) is 0 Å². The van der Waals surface area contributed by atoms with Gasteiger partial charge in [-0.2, -0.15) is 0 Å². The minimum absolute atomic E-state index is 0.105. The summed E-state index contributed by atoms with van der Waals surface area (Å²) in [6.45, 7) is -0.305. The lowest BCUT2D eigenvalue weighted by Gasteiger charge is -2.26. The van der Waals surface area contributed by atoms with Gasteiger partial charge in [-0.3, -0.25) is 19.9 Å². The monoisotopic (exact) mass is 263 g/mol. The maximum absolute atomic E-state index is 12.4. The van der Waals surface area contributed by atoms with Crippen molar-refractivity contribution in [3.63, 3.8) is 0 Å². The van der Waals surface area contributed by atoms with Crippen LogP contribution in [0.1, 0.15) is 42.6 Å². The SMILES string of the molecule is O=C(c1cnccn1)[C@@H](C[N+](=O)[O-])C1CCCCC1. The number of carbonyl (C=O) groups is 1. The third-order valence-electron chi connectivity index (χ3n) is 3.72. The molecule has 1 heterocycles. The van der Waals surface area contributed by atoms with E-state index in [1.165, 1.54) is 18.6 Å². The number of ketones is 1. The number of hydrogen-bond acceptors (Lipinski definition) is 5. The Morgan fingerprint density at radius 3 is 2.68 bits per heavy atom. The molecular weight excluding hydrogens is 246 g/mol. The molecule has 2 rings (SSSR count). The summed E-state index contributed by atoms with van der Waals surface area (Å²) in [6, 6.07) is 0. The van der Waals surface area contributed by atoms with Crippen molar-refractivity contribution < 1.29 is 9.72 Å². The molecule has 19 heavy (non-hydrogen) atoms. The number of nitrogens with zero attached hydrogens (tertiary/aromatic N) is 3. The molecule has 0 spiro atoms. The fourth-order valence-corrected chi connectivity index (χ4v) is 2.76. The largest absolute Gasteiger partial charge is 0.292 e. The first-order chi connectivity index (χ1) is 9.18. The second-order valence-corrected chi connectivity index (χ2v) is 4.97. The molecule has 6 heteroatoms. The second-order valence-electron chi connectivity index (χ2n) is 4.97. The van der Waals surface area contributed by atoms with Crippen molar-refractivity contribution >= 4 is 5.78 Å². The maximum atomic E-state index is 12.4. The van der Waals surface area contributed by atoms with E-state index in [4.69, 9.17) is 0 Å². The minimum atomic E-state index is -0.563. The van der Waals surface area contributed by atoms with Crippen LogP contribution in [-0.4, -0.2) is 27.2 Å². The molecule has 1 aromatic heterocycles. The van der Waals surface area contributed by atoms with Crippen LogP contribution in [0.2, 0.25) is 0 Å². The molecule has 1 fully saturated rings. The zero-order valence-corrected chi connectivity index (χ0v) is 10.7. The van der Waals surface area contributed by atoms with E-state index in [0.29, 0.717) is 0 Å². The first-order valence-electron chi connectivity index (χ1n) is 6.60. The van der Waals surface area contributed by atoms with Gasteiger partial charge in [-0.1, -0.05) is 19.3 Å². The Bertz CT molecular complexity index is 444. The van der Waals surface area contributed by atoms with Crippen LogP contribution >= 0.6 is 0 Å². The number of Topliss-reactive ketones (excluding diaryl/α,β-unsaturated/α-hetero) is 1. The normalized spacial score (nSPS) is 17.9. The van der Waals surface area contributed by atoms with Gasteiger partial charge in [-0.25, -0.2) is 4.98 Å². The number of hydrogen-bond donors (Lipinski definition) is 0. The quantitative estimate of drug-likeness (QED) is 0.461. The van der Waals surface area contributed by atoms with E-state index < -0.39 is 10.8 Å². The van der Waals surface area contributed by atoms with Gasteiger partial charge in [0.15, 0.2) is 5.78 Å². The van der Waals surface area contributed by atoms with Gasteiger partial charge in [-0.15, -0.1) is 0 Å². The van der Waals surface area contributed by atoms with E-state index in [1.807, 2.05) is 0 Å². The highest BCUT2D eigenvalue weighted by Crippen LogP contribution is 2.31. The topological polar surface area (TPSA) is 86.0 Å².